The van der Waals surface area contributed by atoms with Gasteiger partial charge >= 0.3 is 5.97 Å². The van der Waals surface area contributed by atoms with Crippen LogP contribution >= 0.6 is 0 Å². The number of hydrogen-bond donors (Lipinski definition) is 1. The monoisotopic (exact) mass is 612 g/mol. The molecule has 2 heterocycles. The van der Waals surface area contributed by atoms with Gasteiger partial charge in [0.15, 0.2) is 5.78 Å². The number of benzene rings is 2. The second kappa shape index (κ2) is 10.5. The van der Waals surface area contributed by atoms with Gasteiger partial charge < -0.3 is 28.8 Å². The number of ketones is 1. The van der Waals surface area contributed by atoms with Crippen molar-refractivity contribution < 1.29 is 38.4 Å². The van der Waals surface area contributed by atoms with E-state index in [2.05, 4.69) is 13.5 Å². The molecule has 1 N–H and O–H groups in total. The molecule has 0 spiro atoms. The predicted molar refractivity (Wildman–Crippen MR) is 165 cm³/mol. The minimum absolute atomic E-state index is 0.0216. The summed E-state index contributed by atoms with van der Waals surface area (Å²) in [5.74, 6) is -2.68. The third kappa shape index (κ3) is 4.48. The number of hydrogen-bond acceptors (Lipinski definition) is 8. The highest BCUT2D eigenvalue weighted by atomic mass is 16.9. The lowest BCUT2D eigenvalue weighted by molar-refractivity contribution is -0.421. The van der Waals surface area contributed by atoms with Crippen molar-refractivity contribution in [3.63, 3.8) is 0 Å². The smallest absolute Gasteiger partial charge is 0.310 e. The summed E-state index contributed by atoms with van der Waals surface area (Å²) in [5, 5.41) is 12.4. The van der Waals surface area contributed by atoms with Gasteiger partial charge in [0.25, 0.3) is 5.97 Å². The molecule has 0 amide bonds. The van der Waals surface area contributed by atoms with Crippen LogP contribution in [-0.2, 0) is 41.4 Å². The number of rotatable bonds is 8. The van der Waals surface area contributed by atoms with Gasteiger partial charge in [-0.1, -0.05) is 68.1 Å². The van der Waals surface area contributed by atoms with Gasteiger partial charge in [0.05, 0.1) is 25.6 Å². The Morgan fingerprint density at radius 3 is 2.49 bits per heavy atom. The molecule has 45 heavy (non-hydrogen) atoms. The lowest BCUT2D eigenvalue weighted by Gasteiger charge is -2.59. The summed E-state index contributed by atoms with van der Waals surface area (Å²) in [4.78, 5) is 26.7. The average molecular weight is 613 g/mol. The molecule has 2 aliphatic heterocycles. The Balaban J connectivity index is 1.27. The van der Waals surface area contributed by atoms with Crippen LogP contribution in [0.15, 0.2) is 90.0 Å². The van der Waals surface area contributed by atoms with E-state index in [-0.39, 0.29) is 31.1 Å². The van der Waals surface area contributed by atoms with Crippen LogP contribution in [0.2, 0.25) is 0 Å². The van der Waals surface area contributed by atoms with Crippen molar-refractivity contribution in [3.05, 3.63) is 101 Å². The Labute approximate surface area is 263 Å². The summed E-state index contributed by atoms with van der Waals surface area (Å²) in [6.45, 7) is 10.1. The molecule has 1 unspecified atom stereocenters. The van der Waals surface area contributed by atoms with Crippen LogP contribution in [0.3, 0.4) is 0 Å². The Kier molecular flexibility index (Phi) is 7.02. The largest absolute Gasteiger partial charge is 0.497 e. The molecular weight excluding hydrogens is 572 g/mol. The van der Waals surface area contributed by atoms with E-state index in [1.54, 1.807) is 26.2 Å². The lowest BCUT2D eigenvalue weighted by Crippen LogP contribution is -2.70. The predicted octanol–water partition coefficient (Wildman–Crippen LogP) is 5.04. The highest BCUT2D eigenvalue weighted by Crippen LogP contribution is 2.68. The fourth-order valence-corrected chi connectivity index (χ4v) is 8.62. The zero-order valence-electron chi connectivity index (χ0n) is 26.2. The molecule has 236 valence electrons. The molecule has 8 heteroatoms. The average Bonchev–Trinajstić information content (AvgIpc) is 3.32. The molecular formula is C37H40O8. The van der Waals surface area contributed by atoms with Crippen molar-refractivity contribution in [2.24, 2.45) is 17.8 Å². The maximum Gasteiger partial charge on any atom is 0.310 e. The number of methoxy groups -OCH3 is 1. The van der Waals surface area contributed by atoms with Gasteiger partial charge in [-0.2, -0.15) is 0 Å². The number of carbonyl (C=O) groups is 2. The quantitative estimate of drug-likeness (QED) is 0.327. The third-order valence-corrected chi connectivity index (χ3v) is 10.7. The fourth-order valence-electron chi connectivity index (χ4n) is 8.62. The first-order valence-electron chi connectivity index (χ1n) is 15.7. The van der Waals surface area contributed by atoms with Gasteiger partial charge in [-0.25, -0.2) is 0 Å². The normalized spacial score (nSPS) is 37.7. The van der Waals surface area contributed by atoms with E-state index in [1.807, 2.05) is 61.5 Å². The molecule has 2 aromatic carbocycles. The van der Waals surface area contributed by atoms with Crippen molar-refractivity contribution in [3.8, 4) is 5.75 Å². The highest BCUT2D eigenvalue weighted by Gasteiger charge is 2.79. The third-order valence-electron chi connectivity index (χ3n) is 10.7. The maximum absolute atomic E-state index is 13.8. The van der Waals surface area contributed by atoms with Gasteiger partial charge in [-0.05, 0) is 66.2 Å². The molecule has 3 aliphatic carbocycles. The first kappa shape index (κ1) is 30.1. The molecule has 0 radical (unpaired) electrons. The topological polar surface area (TPSA) is 101 Å². The molecule has 7 rings (SSSR count). The number of esters is 1. The van der Waals surface area contributed by atoms with Crippen LogP contribution in [0.25, 0.3) is 0 Å². The molecule has 8 nitrogen and oxygen atoms in total. The number of ether oxygens (including phenoxy) is 5. The SMILES string of the molecule is C=C(C)[C@]12C[C@@H](C)[C@@]34OC(Cc5ccccc5)(O[C@@H]1[C@@H]3C=C(COC(=O)Cc1ccc(OC)cc1)C[C@]1(O)C(=O)C(C)=C[C@@H]41)O2. The molecule has 0 aromatic heterocycles. The Hall–Kier alpha value is -3.56. The van der Waals surface area contributed by atoms with Crippen LogP contribution in [0, 0.1) is 17.8 Å². The summed E-state index contributed by atoms with van der Waals surface area (Å²) < 4.78 is 31.9. The van der Waals surface area contributed by atoms with Crippen LogP contribution in [0.1, 0.15) is 44.7 Å². The van der Waals surface area contributed by atoms with Gasteiger partial charge in [0, 0.05) is 18.3 Å². The molecule has 1 saturated carbocycles. The number of aliphatic hydroxyl groups is 1. The molecule has 2 aromatic rings. The summed E-state index contributed by atoms with van der Waals surface area (Å²) in [7, 11) is 1.59. The van der Waals surface area contributed by atoms with Crippen LogP contribution < -0.4 is 4.74 Å². The Morgan fingerprint density at radius 2 is 1.80 bits per heavy atom. The van der Waals surface area contributed by atoms with Gasteiger partial charge in [-0.3, -0.25) is 9.59 Å². The van der Waals surface area contributed by atoms with E-state index in [0.717, 1.165) is 16.7 Å². The summed E-state index contributed by atoms with van der Waals surface area (Å²) in [6, 6.07) is 17.1. The van der Waals surface area contributed by atoms with E-state index in [4.69, 9.17) is 23.7 Å². The number of carbonyl (C=O) groups excluding carboxylic acids is 2. The first-order valence-corrected chi connectivity index (χ1v) is 15.7. The Bertz CT molecular complexity index is 1610. The minimum Gasteiger partial charge on any atom is -0.497 e. The maximum atomic E-state index is 13.8. The minimum atomic E-state index is -1.77. The van der Waals surface area contributed by atoms with Crippen molar-refractivity contribution >= 4 is 11.8 Å². The molecule has 3 bridgehead atoms. The second-order valence-electron chi connectivity index (χ2n) is 13.5. The van der Waals surface area contributed by atoms with Gasteiger partial charge in [-0.15, -0.1) is 0 Å². The van der Waals surface area contributed by atoms with Crippen LogP contribution in [0.4, 0.5) is 0 Å². The molecule has 2 saturated heterocycles. The zero-order valence-corrected chi connectivity index (χ0v) is 26.2. The molecule has 5 aliphatic rings. The van der Waals surface area contributed by atoms with E-state index >= 15 is 0 Å². The lowest BCUT2D eigenvalue weighted by atomic mass is 9.55. The second-order valence-corrected chi connectivity index (χ2v) is 13.5. The zero-order chi connectivity index (χ0) is 31.8. The number of fused-ring (bicyclic) bond motifs is 2. The van der Waals surface area contributed by atoms with Crippen LogP contribution in [-0.4, -0.2) is 59.5 Å². The standard InChI is InChI=1S/C37H40O8/c1-22(2)35-18-24(4)37-29(33(35)43-36(44-35,45-37)20-26-9-7-6-8-10-26)16-27(19-34(40)30(37)15-23(3)32(34)39)21-42-31(38)17-25-11-13-28(41-5)14-12-25/h6-16,24,29-30,33,40H,1,17-21H2,2-5H3/t24-,29+,30-,33-,34-,35-,36?,37-/m1/s1. The van der Waals surface area contributed by atoms with Crippen molar-refractivity contribution in [2.45, 2.75) is 75.3 Å². The van der Waals surface area contributed by atoms with Crippen molar-refractivity contribution in [1.29, 1.82) is 0 Å². The van der Waals surface area contributed by atoms with E-state index in [1.165, 1.54) is 0 Å². The number of Topliss-reactive ketones (excluding diaryl/α,β-unsaturated/α-hetero) is 1. The van der Waals surface area contributed by atoms with Crippen molar-refractivity contribution in [1.82, 2.24) is 0 Å². The van der Waals surface area contributed by atoms with Gasteiger partial charge in [0.1, 0.15) is 29.7 Å². The van der Waals surface area contributed by atoms with Crippen LogP contribution in [0.5, 0.6) is 5.75 Å². The summed E-state index contributed by atoms with van der Waals surface area (Å²) in [5.41, 5.74) is 0.124. The van der Waals surface area contributed by atoms with E-state index in [0.29, 0.717) is 29.7 Å². The van der Waals surface area contributed by atoms with Crippen molar-refractivity contribution in [2.75, 3.05) is 13.7 Å². The Morgan fingerprint density at radius 1 is 1.07 bits per heavy atom. The van der Waals surface area contributed by atoms with Gasteiger partial charge in [0.2, 0.25) is 0 Å². The molecule has 3 fully saturated rings. The summed E-state index contributed by atoms with van der Waals surface area (Å²) in [6.07, 6.45) is 4.42. The summed E-state index contributed by atoms with van der Waals surface area (Å²) >= 11 is 0. The van der Waals surface area contributed by atoms with E-state index < -0.39 is 46.7 Å². The highest BCUT2D eigenvalue weighted by molar-refractivity contribution is 6.04. The molecule has 8 atom stereocenters. The first-order chi connectivity index (χ1) is 21.4. The fraction of sp³-hybridized carbons (Fsp3) is 0.459. The van der Waals surface area contributed by atoms with E-state index in [9.17, 15) is 14.7 Å².